The Hall–Kier alpha value is -4.64. The van der Waals surface area contributed by atoms with Crippen LogP contribution in [0.4, 0.5) is 15.8 Å². The lowest BCUT2D eigenvalue weighted by Gasteiger charge is -2.20. The lowest BCUT2D eigenvalue weighted by atomic mass is 10.0. The van der Waals surface area contributed by atoms with Gasteiger partial charge in [0.1, 0.15) is 11.9 Å². The summed E-state index contributed by atoms with van der Waals surface area (Å²) in [7, 11) is -4.89. The van der Waals surface area contributed by atoms with Crippen molar-refractivity contribution in [3.8, 4) is 0 Å². The van der Waals surface area contributed by atoms with E-state index in [2.05, 4.69) is 30.3 Å². The minimum absolute atomic E-state index is 0.0602. The molecule has 1 aromatic heterocycles. The van der Waals surface area contributed by atoms with Crippen LogP contribution < -0.4 is 20.8 Å². The Balaban J connectivity index is 1.38. The second-order valence-corrected chi connectivity index (χ2v) is 13.4. The molecule has 3 aromatic rings. The average Bonchev–Trinajstić information content (AvgIpc) is 3.52. The van der Waals surface area contributed by atoms with Crippen LogP contribution in [0.1, 0.15) is 59.3 Å². The van der Waals surface area contributed by atoms with Crippen LogP contribution in [-0.2, 0) is 36.3 Å². The van der Waals surface area contributed by atoms with Crippen molar-refractivity contribution >= 4 is 48.6 Å². The van der Waals surface area contributed by atoms with Crippen molar-refractivity contribution in [2.24, 2.45) is 5.92 Å². The summed E-state index contributed by atoms with van der Waals surface area (Å²) in [6, 6.07) is 9.94. The number of hydrogen-bond acceptors (Lipinski definition) is 7. The monoisotopic (exact) mass is 708 g/mol. The van der Waals surface area contributed by atoms with Crippen molar-refractivity contribution in [2.75, 3.05) is 25.1 Å². The lowest BCUT2D eigenvalue weighted by molar-refractivity contribution is -0.221. The summed E-state index contributed by atoms with van der Waals surface area (Å²) in [5.41, 5.74) is 5.58. The summed E-state index contributed by atoms with van der Waals surface area (Å²) >= 11 is 0. The van der Waals surface area contributed by atoms with Gasteiger partial charge >= 0.3 is 0 Å². The van der Waals surface area contributed by atoms with Crippen molar-refractivity contribution in [2.45, 2.75) is 58.4 Å². The fourth-order valence-electron chi connectivity index (χ4n) is 5.80. The molecule has 1 aliphatic heterocycles. The molecule has 13 nitrogen and oxygen atoms in total. The van der Waals surface area contributed by atoms with Crippen LogP contribution in [0.15, 0.2) is 42.5 Å². The Bertz CT molecular complexity index is 1850. The number of carbonyl (C=O) groups is 3. The van der Waals surface area contributed by atoms with Gasteiger partial charge in [-0.05, 0) is 68.5 Å². The number of benzene rings is 2. The van der Waals surface area contributed by atoms with E-state index < -0.39 is 31.5 Å². The van der Waals surface area contributed by atoms with Crippen molar-refractivity contribution in [1.29, 1.82) is 0 Å². The fourth-order valence-corrected chi connectivity index (χ4v) is 6.20. The van der Waals surface area contributed by atoms with Crippen LogP contribution in [0.25, 0.3) is 16.5 Å². The van der Waals surface area contributed by atoms with E-state index in [1.807, 2.05) is 13.8 Å². The Morgan fingerprint density at radius 2 is 1.98 bits per heavy atom. The summed E-state index contributed by atoms with van der Waals surface area (Å²) in [5.74, 6) is -2.09. The molecule has 50 heavy (non-hydrogen) atoms. The molecule has 0 fully saturated rings. The minimum Gasteiger partial charge on any atom is -0.756 e. The number of phosphoric acid groups is 1. The second kappa shape index (κ2) is 17.3. The zero-order valence-corrected chi connectivity index (χ0v) is 28.6. The Morgan fingerprint density at radius 1 is 1.20 bits per heavy atom. The highest BCUT2D eigenvalue weighted by atomic mass is 31.2. The zero-order valence-electron chi connectivity index (χ0n) is 27.8. The van der Waals surface area contributed by atoms with Crippen molar-refractivity contribution in [3.05, 3.63) is 93.3 Å². The Morgan fingerprint density at radius 3 is 2.70 bits per heavy atom. The predicted octanol–water partition coefficient (Wildman–Crippen LogP) is 3.85. The predicted molar refractivity (Wildman–Crippen MR) is 183 cm³/mol. The highest BCUT2D eigenvalue weighted by Gasteiger charge is 2.26. The van der Waals surface area contributed by atoms with Gasteiger partial charge in [0.15, 0.2) is 5.69 Å². The number of aliphatic hydroxyl groups is 1. The first kappa shape index (κ1) is 38.2. The van der Waals surface area contributed by atoms with Crippen molar-refractivity contribution in [1.82, 2.24) is 15.6 Å². The van der Waals surface area contributed by atoms with E-state index in [1.165, 1.54) is 18.2 Å². The summed E-state index contributed by atoms with van der Waals surface area (Å²) in [5, 5.41) is 17.8. The van der Waals surface area contributed by atoms with Gasteiger partial charge in [-0.15, -0.1) is 0 Å². The molecule has 3 atom stereocenters. The smallest absolute Gasteiger partial charge is 0.265 e. The number of nitrogens with one attached hydrogen (secondary N) is 4. The molecule has 0 spiro atoms. The molecule has 3 amide bonds. The number of aromatic amines is 1. The first-order chi connectivity index (χ1) is 23.8. The maximum atomic E-state index is 13.9. The molecule has 0 saturated heterocycles. The molecule has 0 aliphatic carbocycles. The molecule has 4 rings (SSSR count). The summed E-state index contributed by atoms with van der Waals surface area (Å²) < 4.78 is 29.1. The summed E-state index contributed by atoms with van der Waals surface area (Å²) in [6.07, 6.45) is 3.63. The molecule has 2 heterocycles. The third-order valence-corrected chi connectivity index (χ3v) is 8.96. The minimum atomic E-state index is -4.89. The van der Waals surface area contributed by atoms with Crippen LogP contribution in [-0.4, -0.2) is 58.5 Å². The van der Waals surface area contributed by atoms with Gasteiger partial charge < -0.3 is 40.4 Å². The normalized spacial score (nSPS) is 15.5. The van der Waals surface area contributed by atoms with Gasteiger partial charge in [-0.3, -0.25) is 18.9 Å². The van der Waals surface area contributed by atoms with Gasteiger partial charge in [-0.1, -0.05) is 36.2 Å². The van der Waals surface area contributed by atoms with E-state index in [-0.39, 0.29) is 44.4 Å². The van der Waals surface area contributed by atoms with Gasteiger partial charge in [0.2, 0.25) is 11.8 Å². The van der Waals surface area contributed by atoms with Gasteiger partial charge in [-0.25, -0.2) is 9.24 Å². The summed E-state index contributed by atoms with van der Waals surface area (Å²) in [4.78, 5) is 65.4. The molecule has 266 valence electrons. The number of amides is 3. The number of phosphoric ester groups is 1. The largest absolute Gasteiger partial charge is 0.756 e. The molecule has 6 N–H and O–H groups in total. The number of rotatable bonds is 17. The molecular formula is C35H40FN5O8P-. The van der Waals surface area contributed by atoms with E-state index in [0.717, 1.165) is 16.8 Å². The fraction of sp³-hybridized carbons (Fsp3) is 0.371. The number of aryl methyl sites for hydroxylation is 1. The second-order valence-electron chi connectivity index (χ2n) is 12.2. The van der Waals surface area contributed by atoms with E-state index >= 15 is 0 Å². The lowest BCUT2D eigenvalue weighted by Crippen LogP contribution is -2.48. The topological polar surface area (TPSA) is 197 Å². The number of aliphatic hydroxyl groups excluding tert-OH is 1. The number of H-pyrrole nitrogens is 1. The molecule has 0 bridgehead atoms. The third kappa shape index (κ3) is 10.7. The Kier molecular flexibility index (Phi) is 13.2. The van der Waals surface area contributed by atoms with Crippen LogP contribution in [0.3, 0.4) is 0 Å². The zero-order chi connectivity index (χ0) is 36.4. The number of hydrogen-bond donors (Lipinski definition) is 6. The first-order valence-corrected chi connectivity index (χ1v) is 17.6. The number of fused-ring (bicyclic) bond motifs is 1. The van der Waals surface area contributed by atoms with Crippen LogP contribution >= 0.6 is 7.82 Å². The van der Waals surface area contributed by atoms with Crippen molar-refractivity contribution in [3.63, 3.8) is 0 Å². The van der Waals surface area contributed by atoms with E-state index in [9.17, 15) is 33.3 Å². The Labute approximate surface area is 289 Å². The van der Waals surface area contributed by atoms with Gasteiger partial charge in [0.05, 0.1) is 18.8 Å². The van der Waals surface area contributed by atoms with Crippen LogP contribution in [0.5, 0.6) is 0 Å². The van der Waals surface area contributed by atoms with E-state index in [0.29, 0.717) is 59.5 Å². The van der Waals surface area contributed by atoms with Crippen LogP contribution in [0, 0.1) is 32.2 Å². The molecule has 0 radical (unpaired) electrons. The molecule has 1 aliphatic rings. The SMILES string of the molecule is [C-]#[N+]c1cccc(CC(NC(=O)CCc2c(C)[nH]c(/C=C3\C(=O)Nc4ccc(F)cc43)c2C)C(=O)NCCCCC(CO)COP(=O)([O-])O)c1. The van der Waals surface area contributed by atoms with Crippen molar-refractivity contribution < 1.29 is 42.8 Å². The van der Waals surface area contributed by atoms with Gasteiger partial charge in [0.25, 0.3) is 13.7 Å². The molecule has 0 saturated carbocycles. The van der Waals surface area contributed by atoms with E-state index in [1.54, 1.807) is 30.3 Å². The molecule has 3 unspecified atom stereocenters. The molecule has 2 aromatic carbocycles. The quantitative estimate of drug-likeness (QED) is 0.0526. The number of halogens is 1. The van der Waals surface area contributed by atoms with Gasteiger partial charge in [-0.2, -0.15) is 0 Å². The number of anilines is 1. The highest BCUT2D eigenvalue weighted by Crippen LogP contribution is 2.35. The number of nitrogens with zero attached hydrogens (tertiary/aromatic N) is 1. The summed E-state index contributed by atoms with van der Waals surface area (Å²) in [6.45, 7) is 10.6. The highest BCUT2D eigenvalue weighted by molar-refractivity contribution is 7.44. The van der Waals surface area contributed by atoms with Gasteiger partial charge in [0, 0.05) is 54.5 Å². The van der Waals surface area contributed by atoms with Crippen LogP contribution in [0.2, 0.25) is 0 Å². The third-order valence-electron chi connectivity index (χ3n) is 8.49. The number of unbranched alkanes of at least 4 members (excludes halogenated alkanes) is 1. The number of aromatic nitrogens is 1. The molecule has 15 heteroatoms. The number of carbonyl (C=O) groups excluding carboxylic acids is 3. The van der Waals surface area contributed by atoms with E-state index in [4.69, 9.17) is 11.5 Å². The standard InChI is InChI=1S/C35H41FN5O8P/c1-21-27(22(2)39-31(21)18-29-28-17-25(36)10-12-30(28)41-34(29)44)11-13-33(43)40-32(16-23-8-6-9-26(15-23)37-3)35(45)38-14-5-4-7-24(19-42)20-49-50(46,47)48/h6,8-10,12,15,17-18,24,32,39,42H,4-5,7,11,13-14,16,19-20H2,1-2H3,(H,38,45)(H,40,43)(H,41,44)(H2,46,47,48)/p-1/b29-18-. The molecular weight excluding hydrogens is 668 g/mol. The average molecular weight is 709 g/mol. The maximum Gasteiger partial charge on any atom is 0.265 e. The maximum absolute atomic E-state index is 13.9. The first-order valence-electron chi connectivity index (χ1n) is 16.1.